The van der Waals surface area contributed by atoms with Gasteiger partial charge in [0.05, 0.1) is 22.4 Å². The quantitative estimate of drug-likeness (QED) is 0.850. The van der Waals surface area contributed by atoms with Gasteiger partial charge < -0.3 is 15.6 Å². The third-order valence-corrected chi connectivity index (χ3v) is 3.17. The van der Waals surface area contributed by atoms with Gasteiger partial charge in [0.15, 0.2) is 5.82 Å². The Morgan fingerprint density at radius 3 is 3.00 bits per heavy atom. The first kappa shape index (κ1) is 12.8. The number of nitrogens with two attached hydrogens (primary N) is 1. The number of hydrogen-bond donors (Lipinski definition) is 2. The number of aryl methyl sites for hydroxylation is 1. The van der Waals surface area contributed by atoms with Crippen LogP contribution in [0.4, 0.5) is 15.8 Å². The lowest BCUT2D eigenvalue weighted by atomic mass is 10.2. The van der Waals surface area contributed by atoms with Crippen LogP contribution in [-0.2, 0) is 13.1 Å². The van der Waals surface area contributed by atoms with Crippen molar-refractivity contribution in [1.82, 2.24) is 14.8 Å². The number of hydrogen-bond acceptors (Lipinski definition) is 4. The lowest BCUT2D eigenvalue weighted by Gasteiger charge is -2.10. The van der Waals surface area contributed by atoms with Gasteiger partial charge in [-0.1, -0.05) is 0 Å². The molecule has 0 bridgehead atoms. The Bertz CT molecular complexity index is 554. The smallest absolute Gasteiger partial charge is 0.152 e. The van der Waals surface area contributed by atoms with Crippen molar-refractivity contribution in [3.8, 4) is 0 Å². The van der Waals surface area contributed by atoms with Crippen LogP contribution in [0.1, 0.15) is 12.7 Å². The molecule has 0 atom stereocenters. The summed E-state index contributed by atoms with van der Waals surface area (Å²) in [6, 6.07) is 2.88. The van der Waals surface area contributed by atoms with Crippen molar-refractivity contribution < 1.29 is 4.39 Å². The fourth-order valence-corrected chi connectivity index (χ4v) is 1.93. The molecule has 18 heavy (non-hydrogen) atoms. The predicted octanol–water partition coefficient (Wildman–Crippen LogP) is 2.39. The highest BCUT2D eigenvalue weighted by atomic mass is 79.9. The summed E-state index contributed by atoms with van der Waals surface area (Å²) in [5, 5.41) is 10.8. The Balaban J connectivity index is 2.13. The van der Waals surface area contributed by atoms with E-state index in [0.29, 0.717) is 22.4 Å². The highest BCUT2D eigenvalue weighted by Gasteiger charge is 2.07. The van der Waals surface area contributed by atoms with Gasteiger partial charge >= 0.3 is 0 Å². The monoisotopic (exact) mass is 313 g/mol. The van der Waals surface area contributed by atoms with E-state index in [-0.39, 0.29) is 5.82 Å². The average Bonchev–Trinajstić information content (AvgIpc) is 2.79. The first-order chi connectivity index (χ1) is 8.61. The van der Waals surface area contributed by atoms with E-state index in [1.807, 2.05) is 11.5 Å². The maximum absolute atomic E-state index is 13.4. The highest BCUT2D eigenvalue weighted by molar-refractivity contribution is 9.10. The second kappa shape index (κ2) is 5.34. The molecule has 0 saturated carbocycles. The van der Waals surface area contributed by atoms with Gasteiger partial charge in [-0.25, -0.2) is 4.39 Å². The lowest BCUT2D eigenvalue weighted by Crippen LogP contribution is -2.09. The molecule has 0 fully saturated rings. The zero-order valence-corrected chi connectivity index (χ0v) is 11.4. The molecule has 0 unspecified atom stereocenters. The van der Waals surface area contributed by atoms with E-state index in [1.54, 1.807) is 6.33 Å². The van der Waals surface area contributed by atoms with E-state index in [1.165, 1.54) is 12.1 Å². The molecule has 1 heterocycles. The Morgan fingerprint density at radius 2 is 2.28 bits per heavy atom. The van der Waals surface area contributed by atoms with Crippen LogP contribution in [0.3, 0.4) is 0 Å². The molecule has 2 rings (SSSR count). The van der Waals surface area contributed by atoms with Gasteiger partial charge in [0.1, 0.15) is 12.1 Å². The minimum absolute atomic E-state index is 0.349. The minimum atomic E-state index is -0.358. The summed E-state index contributed by atoms with van der Waals surface area (Å²) in [6.07, 6.45) is 1.66. The number of aromatic nitrogens is 3. The zero-order chi connectivity index (χ0) is 13.1. The van der Waals surface area contributed by atoms with Crippen LogP contribution in [0.2, 0.25) is 0 Å². The summed E-state index contributed by atoms with van der Waals surface area (Å²) in [6.45, 7) is 3.23. The molecule has 0 aliphatic heterocycles. The molecule has 0 saturated heterocycles. The molecule has 96 valence electrons. The average molecular weight is 314 g/mol. The van der Waals surface area contributed by atoms with Crippen molar-refractivity contribution in [3.63, 3.8) is 0 Å². The van der Waals surface area contributed by atoms with E-state index < -0.39 is 0 Å². The molecular formula is C11H13BrFN5. The van der Waals surface area contributed by atoms with Crippen molar-refractivity contribution in [3.05, 3.63) is 34.6 Å². The molecule has 5 nitrogen and oxygen atoms in total. The lowest BCUT2D eigenvalue weighted by molar-refractivity contribution is 0.621. The number of halogens is 2. The van der Waals surface area contributed by atoms with Gasteiger partial charge in [-0.15, -0.1) is 10.2 Å². The summed E-state index contributed by atoms with van der Waals surface area (Å²) in [4.78, 5) is 0. The molecule has 2 aromatic rings. The molecular weight excluding hydrogens is 301 g/mol. The van der Waals surface area contributed by atoms with E-state index in [4.69, 9.17) is 5.73 Å². The normalized spacial score (nSPS) is 10.6. The molecule has 0 amide bonds. The Labute approximate surface area is 112 Å². The zero-order valence-electron chi connectivity index (χ0n) is 9.82. The fourth-order valence-electron chi connectivity index (χ4n) is 1.57. The maximum Gasteiger partial charge on any atom is 0.152 e. The van der Waals surface area contributed by atoms with Crippen LogP contribution in [0.25, 0.3) is 0 Å². The summed E-state index contributed by atoms with van der Waals surface area (Å²) >= 11 is 3.08. The number of nitrogens with zero attached hydrogens (tertiary/aromatic N) is 3. The third-order valence-electron chi connectivity index (χ3n) is 2.57. The van der Waals surface area contributed by atoms with Crippen LogP contribution in [0, 0.1) is 5.82 Å². The molecule has 3 N–H and O–H groups in total. The highest BCUT2D eigenvalue weighted by Crippen LogP contribution is 2.26. The topological polar surface area (TPSA) is 68.8 Å². The van der Waals surface area contributed by atoms with Gasteiger partial charge in [-0.05, 0) is 28.9 Å². The van der Waals surface area contributed by atoms with E-state index >= 15 is 0 Å². The summed E-state index contributed by atoms with van der Waals surface area (Å²) in [5.74, 6) is 0.420. The first-order valence-corrected chi connectivity index (χ1v) is 6.26. The summed E-state index contributed by atoms with van der Waals surface area (Å²) < 4.78 is 15.6. The fraction of sp³-hybridized carbons (Fsp3) is 0.273. The van der Waals surface area contributed by atoms with E-state index in [9.17, 15) is 4.39 Å². The molecule has 0 radical (unpaired) electrons. The number of nitrogens with one attached hydrogen (secondary N) is 1. The summed E-state index contributed by atoms with van der Waals surface area (Å²) in [7, 11) is 0. The Morgan fingerprint density at radius 1 is 1.50 bits per heavy atom. The Kier molecular flexibility index (Phi) is 3.81. The van der Waals surface area contributed by atoms with Crippen molar-refractivity contribution in [2.75, 3.05) is 11.1 Å². The third kappa shape index (κ3) is 2.61. The van der Waals surface area contributed by atoms with Gasteiger partial charge in [0.2, 0.25) is 0 Å². The minimum Gasteiger partial charge on any atom is -0.397 e. The SMILES string of the molecule is CCn1cnnc1CNc1cc(F)c(Br)cc1N. The number of anilines is 2. The van der Waals surface area contributed by atoms with Gasteiger partial charge in [-0.2, -0.15) is 0 Å². The molecule has 7 heteroatoms. The van der Waals surface area contributed by atoms with Crippen LogP contribution in [0.15, 0.2) is 22.9 Å². The van der Waals surface area contributed by atoms with Crippen molar-refractivity contribution in [2.45, 2.75) is 20.0 Å². The molecule has 1 aromatic carbocycles. The van der Waals surface area contributed by atoms with Gasteiger partial charge in [0, 0.05) is 12.6 Å². The first-order valence-electron chi connectivity index (χ1n) is 5.47. The molecule has 0 aliphatic carbocycles. The number of rotatable bonds is 4. The largest absolute Gasteiger partial charge is 0.397 e. The van der Waals surface area contributed by atoms with Crippen LogP contribution in [-0.4, -0.2) is 14.8 Å². The van der Waals surface area contributed by atoms with Crippen LogP contribution >= 0.6 is 15.9 Å². The molecule has 0 spiro atoms. The number of nitrogen functional groups attached to an aromatic ring is 1. The van der Waals surface area contributed by atoms with Crippen LogP contribution in [0.5, 0.6) is 0 Å². The van der Waals surface area contributed by atoms with Crippen LogP contribution < -0.4 is 11.1 Å². The molecule has 1 aromatic heterocycles. The standard InChI is InChI=1S/C11H13BrFN5/c1-2-18-6-16-17-11(18)5-15-10-4-8(13)7(12)3-9(10)14/h3-4,6,15H,2,5,14H2,1H3. The number of benzene rings is 1. The van der Waals surface area contributed by atoms with Gasteiger partial charge in [0.25, 0.3) is 0 Å². The second-order valence-corrected chi connectivity index (χ2v) is 4.59. The van der Waals surface area contributed by atoms with Crippen molar-refractivity contribution in [2.24, 2.45) is 0 Å². The second-order valence-electron chi connectivity index (χ2n) is 3.74. The maximum atomic E-state index is 13.4. The van der Waals surface area contributed by atoms with E-state index in [2.05, 4.69) is 31.4 Å². The molecule has 0 aliphatic rings. The Hall–Kier alpha value is -1.63. The van der Waals surface area contributed by atoms with Gasteiger partial charge in [-0.3, -0.25) is 0 Å². The van der Waals surface area contributed by atoms with E-state index in [0.717, 1.165) is 12.4 Å². The van der Waals surface area contributed by atoms with Crippen molar-refractivity contribution >= 4 is 27.3 Å². The predicted molar refractivity (Wildman–Crippen MR) is 71.5 cm³/mol. The van der Waals surface area contributed by atoms with Crippen molar-refractivity contribution in [1.29, 1.82) is 0 Å². The summed E-state index contributed by atoms with van der Waals surface area (Å²) in [5.41, 5.74) is 6.82.